The van der Waals surface area contributed by atoms with E-state index in [9.17, 15) is 9.59 Å². The van der Waals surface area contributed by atoms with Gasteiger partial charge in [-0.1, -0.05) is 64.7 Å². The van der Waals surface area contributed by atoms with Crippen LogP contribution in [-0.2, 0) is 14.3 Å². The Hall–Kier alpha value is 0.200. The molecule has 0 heterocycles. The third-order valence-electron chi connectivity index (χ3n) is 3.06. The number of hydrogen-bond donors (Lipinski definition) is 1. The van der Waals surface area contributed by atoms with Gasteiger partial charge in [-0.3, -0.25) is 9.59 Å². The molecule has 0 amide bonds. The van der Waals surface area contributed by atoms with E-state index >= 15 is 0 Å². The van der Waals surface area contributed by atoms with Crippen LogP contribution in [0.2, 0.25) is 0 Å². The summed E-state index contributed by atoms with van der Waals surface area (Å²) in [5, 5.41) is 8.36. The molecule has 0 spiro atoms. The molecule has 0 atom stereocenters. The summed E-state index contributed by atoms with van der Waals surface area (Å²) in [5.74, 6) is -1.77. The average molecular weight is 314 g/mol. The molecule has 0 aliphatic carbocycles. The first-order chi connectivity index (χ1) is 9.16. The Labute approximate surface area is 152 Å². The summed E-state index contributed by atoms with van der Waals surface area (Å²) in [6.07, 6.45) is 11.7. The minimum atomic E-state index is -1.13. The van der Waals surface area contributed by atoms with Crippen molar-refractivity contribution in [3.63, 3.8) is 0 Å². The summed E-state index contributed by atoms with van der Waals surface area (Å²) in [7, 11) is 0. The first-order valence-electron chi connectivity index (χ1n) is 7.54. The number of esters is 1. The molecule has 0 aliphatic rings. The van der Waals surface area contributed by atoms with Crippen molar-refractivity contribution in [1.82, 2.24) is 0 Å². The zero-order valence-electron chi connectivity index (χ0n) is 12.2. The third kappa shape index (κ3) is 18.2. The van der Waals surface area contributed by atoms with Gasteiger partial charge in [0.05, 0.1) is 6.61 Å². The van der Waals surface area contributed by atoms with E-state index in [0.717, 1.165) is 12.8 Å². The van der Waals surface area contributed by atoms with Gasteiger partial charge in [0, 0.05) is 0 Å². The molecule has 5 heteroatoms. The third-order valence-corrected chi connectivity index (χ3v) is 3.06. The van der Waals surface area contributed by atoms with Gasteiger partial charge in [-0.15, -0.1) is 0 Å². The van der Waals surface area contributed by atoms with E-state index in [2.05, 4.69) is 6.92 Å². The zero-order valence-corrected chi connectivity index (χ0v) is 12.2. The van der Waals surface area contributed by atoms with Crippen LogP contribution >= 0.6 is 0 Å². The molecule has 0 saturated heterocycles. The van der Waals surface area contributed by atoms with Gasteiger partial charge in [0.1, 0.15) is 6.42 Å². The van der Waals surface area contributed by atoms with Crippen LogP contribution in [0.3, 0.4) is 0 Å². The molecular weight excluding hydrogens is 284 g/mol. The van der Waals surface area contributed by atoms with Gasteiger partial charge in [0.15, 0.2) is 0 Å². The Morgan fingerprint density at radius 2 is 1.30 bits per heavy atom. The number of unbranched alkanes of at least 4 members (excludes halogenated alkanes) is 9. The summed E-state index contributed by atoms with van der Waals surface area (Å²) in [5.41, 5.74) is 0. The molecule has 0 saturated carbocycles. The Morgan fingerprint density at radius 1 is 0.850 bits per heavy atom. The SMILES string of the molecule is CCCCCCCCCCCCOC(=O)CC(=O)O.[CaH2]. The van der Waals surface area contributed by atoms with Crippen molar-refractivity contribution in [2.24, 2.45) is 0 Å². The second-order valence-electron chi connectivity index (χ2n) is 4.97. The topological polar surface area (TPSA) is 63.6 Å². The number of rotatable bonds is 13. The second kappa shape index (κ2) is 17.3. The van der Waals surface area contributed by atoms with Crippen LogP contribution in [0, 0.1) is 0 Å². The first kappa shape index (κ1) is 22.5. The van der Waals surface area contributed by atoms with Crippen LogP contribution in [0.1, 0.15) is 77.6 Å². The molecule has 116 valence electrons. The van der Waals surface area contributed by atoms with Crippen molar-refractivity contribution in [2.75, 3.05) is 6.61 Å². The zero-order chi connectivity index (χ0) is 14.3. The monoisotopic (exact) mass is 314 g/mol. The molecule has 4 nitrogen and oxygen atoms in total. The fourth-order valence-corrected chi connectivity index (χ4v) is 1.95. The van der Waals surface area contributed by atoms with E-state index in [-0.39, 0.29) is 37.7 Å². The van der Waals surface area contributed by atoms with Crippen molar-refractivity contribution in [1.29, 1.82) is 0 Å². The van der Waals surface area contributed by atoms with E-state index in [4.69, 9.17) is 9.84 Å². The van der Waals surface area contributed by atoms with E-state index in [0.29, 0.717) is 6.61 Å². The van der Waals surface area contributed by atoms with Gasteiger partial charge in [0.2, 0.25) is 0 Å². The van der Waals surface area contributed by atoms with Crippen molar-refractivity contribution in [3.8, 4) is 0 Å². The van der Waals surface area contributed by atoms with Crippen LogP contribution in [0.15, 0.2) is 0 Å². The molecule has 0 bridgehead atoms. The van der Waals surface area contributed by atoms with Gasteiger partial charge in [-0.05, 0) is 6.42 Å². The number of aliphatic carboxylic acids is 1. The summed E-state index contributed by atoms with van der Waals surface area (Å²) >= 11 is 0. The van der Waals surface area contributed by atoms with Crippen molar-refractivity contribution >= 4 is 49.7 Å². The molecule has 0 radical (unpaired) electrons. The van der Waals surface area contributed by atoms with E-state index in [1.807, 2.05) is 0 Å². The summed E-state index contributed by atoms with van der Waals surface area (Å²) in [6.45, 7) is 2.58. The van der Waals surface area contributed by atoms with Gasteiger partial charge in [-0.2, -0.15) is 0 Å². The Morgan fingerprint density at radius 3 is 1.75 bits per heavy atom. The maximum absolute atomic E-state index is 10.9. The number of carbonyl (C=O) groups excluding carboxylic acids is 1. The predicted molar refractivity (Wildman–Crippen MR) is 83.6 cm³/mol. The number of carbonyl (C=O) groups is 2. The molecule has 0 aromatic rings. The summed E-state index contributed by atoms with van der Waals surface area (Å²) in [6, 6.07) is 0. The van der Waals surface area contributed by atoms with Gasteiger partial charge >= 0.3 is 49.7 Å². The van der Waals surface area contributed by atoms with Crippen LogP contribution in [0.4, 0.5) is 0 Å². The van der Waals surface area contributed by atoms with Gasteiger partial charge < -0.3 is 9.84 Å². The summed E-state index contributed by atoms with van der Waals surface area (Å²) < 4.78 is 4.81. The molecule has 1 N–H and O–H groups in total. The molecule has 0 aromatic carbocycles. The van der Waals surface area contributed by atoms with Crippen LogP contribution in [0.5, 0.6) is 0 Å². The van der Waals surface area contributed by atoms with Crippen LogP contribution in [-0.4, -0.2) is 61.4 Å². The number of carboxylic acids is 1. The number of ether oxygens (including phenoxy) is 1. The normalized spacial score (nSPS) is 9.85. The van der Waals surface area contributed by atoms with E-state index in [1.165, 1.54) is 51.4 Å². The fourth-order valence-electron chi connectivity index (χ4n) is 1.95. The van der Waals surface area contributed by atoms with Gasteiger partial charge in [-0.25, -0.2) is 0 Å². The van der Waals surface area contributed by atoms with Crippen molar-refractivity contribution < 1.29 is 19.4 Å². The molecule has 20 heavy (non-hydrogen) atoms. The fraction of sp³-hybridized carbons (Fsp3) is 0.867. The van der Waals surface area contributed by atoms with E-state index < -0.39 is 18.4 Å². The molecule has 0 fully saturated rings. The van der Waals surface area contributed by atoms with Crippen molar-refractivity contribution in [3.05, 3.63) is 0 Å². The second-order valence-corrected chi connectivity index (χ2v) is 4.97. The van der Waals surface area contributed by atoms with E-state index in [1.54, 1.807) is 0 Å². The number of hydrogen-bond acceptors (Lipinski definition) is 3. The number of carboxylic acid groups (broad SMARTS) is 1. The van der Waals surface area contributed by atoms with Crippen molar-refractivity contribution in [2.45, 2.75) is 77.6 Å². The molecule has 0 aliphatic heterocycles. The Kier molecular flexibility index (Phi) is 19.4. The van der Waals surface area contributed by atoms with Crippen LogP contribution in [0.25, 0.3) is 0 Å². The molecule has 0 aromatic heterocycles. The molecule has 0 rings (SSSR count). The predicted octanol–water partition coefficient (Wildman–Crippen LogP) is 3.01. The minimum absolute atomic E-state index is 0. The molecule has 0 unspecified atom stereocenters. The molecular formula is C15H30CaO4. The maximum atomic E-state index is 10.9. The Bertz CT molecular complexity index is 244. The average Bonchev–Trinajstić information content (AvgIpc) is 2.35. The van der Waals surface area contributed by atoms with Gasteiger partial charge in [0.25, 0.3) is 0 Å². The van der Waals surface area contributed by atoms with Crippen LogP contribution < -0.4 is 0 Å². The standard InChI is InChI=1S/C15H28O4.Ca.2H/c1-2-3-4-5-6-7-8-9-10-11-12-19-15(18)13-14(16)17;;;/h2-13H2,1H3,(H,16,17);;;. The Balaban J connectivity index is 0. The quantitative estimate of drug-likeness (QED) is 0.246. The first-order valence-corrected chi connectivity index (χ1v) is 7.54. The summed E-state index contributed by atoms with van der Waals surface area (Å²) in [4.78, 5) is 21.1.